The van der Waals surface area contributed by atoms with E-state index in [0.29, 0.717) is 5.56 Å². The number of rotatable bonds is 3. The maximum Gasteiger partial charge on any atom is 0.357 e. The summed E-state index contributed by atoms with van der Waals surface area (Å²) in [6, 6.07) is 5.65. The Bertz CT molecular complexity index is 853. The van der Waals surface area contributed by atoms with Gasteiger partial charge in [-0.2, -0.15) is 0 Å². The number of H-pyrrole nitrogens is 1. The van der Waals surface area contributed by atoms with Crippen LogP contribution in [-0.4, -0.2) is 28.8 Å². The number of aromatic nitrogens is 2. The number of hydrogen-bond acceptors (Lipinski definition) is 5. The van der Waals surface area contributed by atoms with Crippen molar-refractivity contribution in [1.82, 2.24) is 9.97 Å². The molecule has 0 saturated carbocycles. The molecule has 1 N–H and O–H groups in total. The Hall–Kier alpha value is -1.99. The Morgan fingerprint density at radius 2 is 2.19 bits per heavy atom. The van der Waals surface area contributed by atoms with Crippen LogP contribution in [0.15, 0.2) is 34.2 Å². The molecule has 21 heavy (non-hydrogen) atoms. The van der Waals surface area contributed by atoms with Crippen LogP contribution in [0.3, 0.4) is 0 Å². The molecule has 2 aromatic heterocycles. The molecule has 1 aromatic carbocycles. The van der Waals surface area contributed by atoms with Crippen LogP contribution in [0.4, 0.5) is 0 Å². The molecule has 0 fully saturated rings. The third-order valence-corrected chi connectivity index (χ3v) is 4.32. The van der Waals surface area contributed by atoms with Gasteiger partial charge in [0.05, 0.1) is 12.7 Å². The van der Waals surface area contributed by atoms with E-state index >= 15 is 0 Å². The van der Waals surface area contributed by atoms with Crippen molar-refractivity contribution in [2.75, 3.05) is 7.11 Å². The number of aromatic amines is 1. The zero-order valence-electron chi connectivity index (χ0n) is 10.8. The van der Waals surface area contributed by atoms with Crippen LogP contribution in [0.5, 0.6) is 0 Å². The van der Waals surface area contributed by atoms with Crippen LogP contribution >= 0.6 is 27.3 Å². The van der Waals surface area contributed by atoms with Gasteiger partial charge in [0.2, 0.25) is 5.78 Å². The molecule has 106 valence electrons. The number of ether oxygens (including phenoxy) is 1. The number of thiazole rings is 1. The molecule has 0 aliphatic rings. The number of fused-ring (bicyclic) bond motifs is 1. The summed E-state index contributed by atoms with van der Waals surface area (Å²) in [6.07, 6.45) is 1.65. The second kappa shape index (κ2) is 5.42. The minimum absolute atomic E-state index is 0.145. The van der Waals surface area contributed by atoms with Gasteiger partial charge in [0.15, 0.2) is 10.7 Å². The highest BCUT2D eigenvalue weighted by molar-refractivity contribution is 9.10. The van der Waals surface area contributed by atoms with Crippen LogP contribution in [0, 0.1) is 0 Å². The molecule has 0 aliphatic carbocycles. The Balaban J connectivity index is 2.02. The molecule has 0 saturated heterocycles. The number of benzene rings is 1. The first-order valence-electron chi connectivity index (χ1n) is 5.95. The van der Waals surface area contributed by atoms with Crippen LogP contribution in [0.2, 0.25) is 0 Å². The number of nitrogens with one attached hydrogen (secondary N) is 1. The fraction of sp³-hybridized carbons (Fsp3) is 0.0714. The Morgan fingerprint density at radius 1 is 1.38 bits per heavy atom. The van der Waals surface area contributed by atoms with E-state index in [0.717, 1.165) is 26.7 Å². The van der Waals surface area contributed by atoms with Crippen LogP contribution in [0.1, 0.15) is 25.9 Å². The van der Waals surface area contributed by atoms with Crippen LogP contribution in [0.25, 0.3) is 10.9 Å². The topological polar surface area (TPSA) is 72.1 Å². The lowest BCUT2D eigenvalue weighted by Crippen LogP contribution is -2.04. The number of carbonyl (C=O) groups is 2. The van der Waals surface area contributed by atoms with Crippen LogP contribution in [-0.2, 0) is 4.74 Å². The molecule has 0 atom stereocenters. The quantitative estimate of drug-likeness (QED) is 0.570. The molecular weight excluding hydrogens is 356 g/mol. The number of esters is 1. The summed E-state index contributed by atoms with van der Waals surface area (Å²) >= 11 is 4.52. The predicted molar refractivity (Wildman–Crippen MR) is 82.9 cm³/mol. The van der Waals surface area contributed by atoms with Gasteiger partial charge in [-0.1, -0.05) is 15.9 Å². The fourth-order valence-corrected chi connectivity index (χ4v) is 3.07. The first-order chi connectivity index (χ1) is 10.1. The lowest BCUT2D eigenvalue weighted by molar-refractivity contribution is 0.0595. The molecule has 0 unspecified atom stereocenters. The van der Waals surface area contributed by atoms with Gasteiger partial charge < -0.3 is 9.72 Å². The minimum atomic E-state index is -0.549. The van der Waals surface area contributed by atoms with Crippen molar-refractivity contribution < 1.29 is 14.3 Å². The molecule has 7 heteroatoms. The van der Waals surface area contributed by atoms with Gasteiger partial charge in [-0.05, 0) is 18.2 Å². The van der Waals surface area contributed by atoms with E-state index in [2.05, 4.69) is 30.6 Å². The second-order valence-electron chi connectivity index (χ2n) is 4.25. The molecule has 2 heterocycles. The summed E-state index contributed by atoms with van der Waals surface area (Å²) < 4.78 is 5.47. The normalized spacial score (nSPS) is 10.8. The van der Waals surface area contributed by atoms with E-state index in [4.69, 9.17) is 0 Å². The smallest absolute Gasteiger partial charge is 0.357 e. The number of ketones is 1. The van der Waals surface area contributed by atoms with Crippen molar-refractivity contribution in [3.8, 4) is 0 Å². The summed E-state index contributed by atoms with van der Waals surface area (Å²) in [5.74, 6) is -0.772. The number of halogens is 1. The van der Waals surface area contributed by atoms with Gasteiger partial charge in [0.25, 0.3) is 0 Å². The molecule has 0 bridgehead atoms. The third kappa shape index (κ3) is 2.50. The average molecular weight is 365 g/mol. The van der Waals surface area contributed by atoms with E-state index in [-0.39, 0.29) is 16.5 Å². The van der Waals surface area contributed by atoms with Gasteiger partial charge in [0, 0.05) is 27.0 Å². The maximum absolute atomic E-state index is 12.5. The van der Waals surface area contributed by atoms with Crippen molar-refractivity contribution >= 4 is 49.9 Å². The lowest BCUT2D eigenvalue weighted by Gasteiger charge is -1.96. The molecule has 3 aromatic rings. The molecule has 0 spiro atoms. The Kier molecular flexibility index (Phi) is 3.60. The molecule has 3 rings (SSSR count). The largest absolute Gasteiger partial charge is 0.464 e. The van der Waals surface area contributed by atoms with Crippen molar-refractivity contribution in [3.05, 3.63) is 50.5 Å². The zero-order valence-corrected chi connectivity index (χ0v) is 13.2. The van der Waals surface area contributed by atoms with Gasteiger partial charge >= 0.3 is 5.97 Å². The third-order valence-electron chi connectivity index (χ3n) is 2.98. The monoisotopic (exact) mass is 364 g/mol. The van der Waals surface area contributed by atoms with Crippen molar-refractivity contribution in [2.45, 2.75) is 0 Å². The number of hydrogen-bond donors (Lipinski definition) is 1. The summed E-state index contributed by atoms with van der Waals surface area (Å²) in [5, 5.41) is 2.59. The van der Waals surface area contributed by atoms with E-state index in [9.17, 15) is 9.59 Å². The van der Waals surface area contributed by atoms with E-state index in [1.165, 1.54) is 12.5 Å². The first kappa shape index (κ1) is 14.0. The number of nitrogens with zero attached hydrogens (tertiary/aromatic N) is 1. The van der Waals surface area contributed by atoms with Gasteiger partial charge in [-0.3, -0.25) is 4.79 Å². The number of carbonyl (C=O) groups excluding carboxylic acids is 2. The highest BCUT2D eigenvalue weighted by Gasteiger charge is 2.20. The van der Waals surface area contributed by atoms with E-state index in [1.54, 1.807) is 6.20 Å². The van der Waals surface area contributed by atoms with Crippen molar-refractivity contribution in [2.24, 2.45) is 0 Å². The molecule has 0 aliphatic heterocycles. The summed E-state index contributed by atoms with van der Waals surface area (Å²) in [5.41, 5.74) is 1.54. The number of methoxy groups -OCH3 is 1. The summed E-state index contributed by atoms with van der Waals surface area (Å²) in [7, 11) is 1.28. The Labute approximate surface area is 132 Å². The van der Waals surface area contributed by atoms with Gasteiger partial charge in [0.1, 0.15) is 0 Å². The summed E-state index contributed by atoms with van der Waals surface area (Å²) in [6.45, 7) is 0. The van der Waals surface area contributed by atoms with Crippen LogP contribution < -0.4 is 0 Å². The van der Waals surface area contributed by atoms with Gasteiger partial charge in [-0.15, -0.1) is 11.3 Å². The summed E-state index contributed by atoms with van der Waals surface area (Å²) in [4.78, 5) is 31.0. The zero-order chi connectivity index (χ0) is 15.0. The first-order valence-corrected chi connectivity index (χ1v) is 7.62. The molecule has 0 amide bonds. The molecule has 0 radical (unpaired) electrons. The highest BCUT2D eigenvalue weighted by atomic mass is 79.9. The maximum atomic E-state index is 12.5. The van der Waals surface area contributed by atoms with E-state index < -0.39 is 5.97 Å². The molecular formula is C14H9BrN2O3S. The van der Waals surface area contributed by atoms with Crippen molar-refractivity contribution in [3.63, 3.8) is 0 Å². The van der Waals surface area contributed by atoms with E-state index in [1.807, 2.05) is 18.2 Å². The standard InChI is InChI=1S/C14H9BrN2O3S/c1-20-14(19)11-6-21-13(17-11)12(18)9-5-16-10-3-2-7(15)4-8(9)10/h2-6,16H,1H3. The lowest BCUT2D eigenvalue weighted by atomic mass is 10.1. The Morgan fingerprint density at radius 3 is 2.95 bits per heavy atom. The molecule has 5 nitrogen and oxygen atoms in total. The predicted octanol–water partition coefficient (Wildman–Crippen LogP) is 3.40. The SMILES string of the molecule is COC(=O)c1csc(C(=O)c2c[nH]c3ccc(Br)cc23)n1. The average Bonchev–Trinajstić information content (AvgIpc) is 3.12. The fourth-order valence-electron chi connectivity index (χ4n) is 1.97. The highest BCUT2D eigenvalue weighted by Crippen LogP contribution is 2.25. The minimum Gasteiger partial charge on any atom is -0.464 e. The second-order valence-corrected chi connectivity index (χ2v) is 6.02. The van der Waals surface area contributed by atoms with Gasteiger partial charge in [-0.25, -0.2) is 9.78 Å². The van der Waals surface area contributed by atoms with Crippen molar-refractivity contribution in [1.29, 1.82) is 0 Å².